The van der Waals surface area contributed by atoms with Gasteiger partial charge in [-0.05, 0) is 33.6 Å². The number of amides is 1. The van der Waals surface area contributed by atoms with Crippen molar-refractivity contribution >= 4 is 33.6 Å². The lowest BCUT2D eigenvalue weighted by Crippen LogP contribution is -2.48. The summed E-state index contributed by atoms with van der Waals surface area (Å²) in [6, 6.07) is 19.2. The number of ketones is 1. The zero-order valence-corrected chi connectivity index (χ0v) is 21.6. The Hall–Kier alpha value is -2.60. The van der Waals surface area contributed by atoms with Gasteiger partial charge in [0.1, 0.15) is 17.0 Å². The van der Waals surface area contributed by atoms with Crippen molar-refractivity contribution in [1.82, 2.24) is 4.90 Å². The number of Topliss-reactive ketones (excluding diaryl/α,β-unsaturated/α-hetero) is 1. The van der Waals surface area contributed by atoms with Gasteiger partial charge in [0.15, 0.2) is 5.78 Å². The average molecular weight is 526 g/mol. The number of benzene rings is 2. The maximum Gasteiger partial charge on any atom is 0.410 e. The summed E-state index contributed by atoms with van der Waals surface area (Å²) in [5.74, 6) is 0.877. The second-order valence-electron chi connectivity index (χ2n) is 10.1. The molecule has 1 amide bonds. The lowest BCUT2D eigenvalue weighted by molar-refractivity contribution is -0.0187. The molecule has 2 aromatic rings. The van der Waals surface area contributed by atoms with Gasteiger partial charge in [-0.1, -0.05) is 76.6 Å². The minimum atomic E-state index is -0.537. The first-order valence-electron chi connectivity index (χ1n) is 11.8. The van der Waals surface area contributed by atoms with Crippen molar-refractivity contribution in [3.05, 3.63) is 77.4 Å². The molecule has 1 fully saturated rings. The topological polar surface area (TPSA) is 55.8 Å². The Morgan fingerprint density at radius 3 is 2.18 bits per heavy atom. The van der Waals surface area contributed by atoms with E-state index in [1.807, 2.05) is 81.4 Å². The molecular weight excluding hydrogens is 494 g/mol. The summed E-state index contributed by atoms with van der Waals surface area (Å²) < 4.78 is 12.3. The smallest absolute Gasteiger partial charge is 0.410 e. The normalized spacial score (nSPS) is 21.4. The molecule has 1 atom stereocenters. The van der Waals surface area contributed by atoms with E-state index >= 15 is 0 Å². The standard InChI is InChI=1S/C28H32BrNO4/c1-27(2,3)34-26(32)30-16-14-22(15-17-30)28(19-29)18-23(24(31)20-10-6-4-7-11-20)25(33-28)21-12-8-5-9-13-21/h4-13,22H,14-19H2,1-3H3/t28-/m1/s1. The van der Waals surface area contributed by atoms with Crippen LogP contribution in [0.25, 0.3) is 5.76 Å². The third-order valence-corrected chi connectivity index (χ3v) is 7.47. The van der Waals surface area contributed by atoms with E-state index in [-0.39, 0.29) is 17.8 Å². The molecule has 34 heavy (non-hydrogen) atoms. The fourth-order valence-corrected chi connectivity index (χ4v) is 5.55. The van der Waals surface area contributed by atoms with Gasteiger partial charge in [0, 0.05) is 47.5 Å². The molecule has 2 aliphatic heterocycles. The number of halogens is 1. The van der Waals surface area contributed by atoms with Gasteiger partial charge in [0.2, 0.25) is 0 Å². The zero-order chi connectivity index (χ0) is 24.3. The van der Waals surface area contributed by atoms with E-state index in [1.165, 1.54) is 0 Å². The van der Waals surface area contributed by atoms with Crippen LogP contribution in [0.3, 0.4) is 0 Å². The summed E-state index contributed by atoms with van der Waals surface area (Å²) in [6.07, 6.45) is 1.85. The molecule has 4 rings (SSSR count). The van der Waals surface area contributed by atoms with E-state index in [2.05, 4.69) is 15.9 Å². The molecule has 5 nitrogen and oxygen atoms in total. The lowest BCUT2D eigenvalue weighted by Gasteiger charge is -2.41. The van der Waals surface area contributed by atoms with Crippen molar-refractivity contribution in [3.8, 4) is 0 Å². The third-order valence-electron chi connectivity index (χ3n) is 6.52. The molecule has 1 saturated heterocycles. The Morgan fingerprint density at radius 2 is 1.62 bits per heavy atom. The fourth-order valence-electron chi connectivity index (χ4n) is 4.78. The minimum Gasteiger partial charge on any atom is -0.485 e. The number of hydrogen-bond donors (Lipinski definition) is 0. The maximum absolute atomic E-state index is 13.6. The quantitative estimate of drug-likeness (QED) is 0.331. The van der Waals surface area contributed by atoms with Gasteiger partial charge >= 0.3 is 6.09 Å². The number of nitrogens with zero attached hydrogens (tertiary/aromatic N) is 1. The largest absolute Gasteiger partial charge is 0.485 e. The summed E-state index contributed by atoms with van der Waals surface area (Å²) in [7, 11) is 0. The summed E-state index contributed by atoms with van der Waals surface area (Å²) >= 11 is 3.72. The maximum atomic E-state index is 13.6. The highest BCUT2D eigenvalue weighted by atomic mass is 79.9. The zero-order valence-electron chi connectivity index (χ0n) is 20.1. The molecular formula is C28H32BrNO4. The number of hydrogen-bond acceptors (Lipinski definition) is 4. The fraction of sp³-hybridized carbons (Fsp3) is 0.429. The molecule has 0 bridgehead atoms. The number of carbonyl (C=O) groups is 2. The second kappa shape index (κ2) is 9.95. The van der Waals surface area contributed by atoms with Crippen LogP contribution in [-0.4, -0.2) is 46.4 Å². The number of piperidine rings is 1. The molecule has 0 aromatic heterocycles. The molecule has 0 N–H and O–H groups in total. The molecule has 0 radical (unpaired) electrons. The van der Waals surface area contributed by atoms with Crippen molar-refractivity contribution in [1.29, 1.82) is 0 Å². The lowest BCUT2D eigenvalue weighted by atomic mass is 9.78. The van der Waals surface area contributed by atoms with Crippen LogP contribution in [0.2, 0.25) is 0 Å². The highest BCUT2D eigenvalue weighted by molar-refractivity contribution is 9.09. The summed E-state index contributed by atoms with van der Waals surface area (Å²) in [5, 5.41) is 0.610. The van der Waals surface area contributed by atoms with Crippen LogP contribution in [0.5, 0.6) is 0 Å². The van der Waals surface area contributed by atoms with E-state index in [9.17, 15) is 9.59 Å². The molecule has 0 unspecified atom stereocenters. The Morgan fingerprint density at radius 1 is 1.03 bits per heavy atom. The van der Waals surface area contributed by atoms with Gasteiger partial charge in [-0.3, -0.25) is 4.79 Å². The molecule has 0 saturated carbocycles. The van der Waals surface area contributed by atoms with Crippen molar-refractivity contribution in [2.75, 3.05) is 18.4 Å². The van der Waals surface area contributed by atoms with Crippen LogP contribution in [0.15, 0.2) is 66.2 Å². The predicted molar refractivity (Wildman–Crippen MR) is 137 cm³/mol. The van der Waals surface area contributed by atoms with Crippen LogP contribution < -0.4 is 0 Å². The summed E-state index contributed by atoms with van der Waals surface area (Å²) in [6.45, 7) is 6.87. The number of rotatable bonds is 5. The van der Waals surface area contributed by atoms with Crippen molar-refractivity contribution < 1.29 is 19.1 Å². The van der Waals surface area contributed by atoms with Gasteiger partial charge in [-0.2, -0.15) is 0 Å². The monoisotopic (exact) mass is 525 g/mol. The number of alkyl halides is 1. The van der Waals surface area contributed by atoms with Gasteiger partial charge < -0.3 is 14.4 Å². The van der Waals surface area contributed by atoms with Gasteiger partial charge in [-0.15, -0.1) is 0 Å². The second-order valence-corrected chi connectivity index (χ2v) is 10.6. The highest BCUT2D eigenvalue weighted by Crippen LogP contribution is 2.48. The SMILES string of the molecule is CC(C)(C)OC(=O)N1CCC([C@]2(CBr)CC(C(=O)c3ccccc3)=C(c3ccccc3)O2)CC1. The molecule has 0 aliphatic carbocycles. The molecule has 0 spiro atoms. The minimum absolute atomic E-state index is 0.00784. The van der Waals surface area contributed by atoms with Gasteiger partial charge in [0.05, 0.1) is 0 Å². The Kier molecular flexibility index (Phi) is 7.17. The van der Waals surface area contributed by atoms with Crippen LogP contribution >= 0.6 is 15.9 Å². The Labute approximate surface area is 210 Å². The van der Waals surface area contributed by atoms with Crippen molar-refractivity contribution in [3.63, 3.8) is 0 Å². The van der Waals surface area contributed by atoms with E-state index in [0.717, 1.165) is 18.4 Å². The summed E-state index contributed by atoms with van der Waals surface area (Å²) in [5.41, 5.74) is 1.24. The van der Waals surface area contributed by atoms with E-state index in [1.54, 1.807) is 4.90 Å². The molecule has 2 aliphatic rings. The number of carbonyl (C=O) groups excluding carboxylic acids is 2. The first-order chi connectivity index (χ1) is 16.2. The van der Waals surface area contributed by atoms with E-state index < -0.39 is 11.2 Å². The van der Waals surface area contributed by atoms with Crippen molar-refractivity contribution in [2.45, 2.75) is 51.2 Å². The molecule has 2 heterocycles. The number of ether oxygens (including phenoxy) is 2. The number of likely N-dealkylation sites (tertiary alicyclic amines) is 1. The van der Waals surface area contributed by atoms with Crippen molar-refractivity contribution in [2.24, 2.45) is 5.92 Å². The average Bonchev–Trinajstić information content (AvgIpc) is 3.25. The predicted octanol–water partition coefficient (Wildman–Crippen LogP) is 6.48. The van der Waals surface area contributed by atoms with Gasteiger partial charge in [-0.25, -0.2) is 4.79 Å². The first kappa shape index (κ1) is 24.5. The Bertz CT molecular complexity index is 1050. The molecule has 180 valence electrons. The molecule has 2 aromatic carbocycles. The third kappa shape index (κ3) is 5.22. The van der Waals surface area contributed by atoms with Gasteiger partial charge in [0.25, 0.3) is 0 Å². The molecule has 6 heteroatoms. The van der Waals surface area contributed by atoms with E-state index in [0.29, 0.717) is 41.7 Å². The van der Waals surface area contributed by atoms with E-state index in [4.69, 9.17) is 9.47 Å². The van der Waals surface area contributed by atoms with Crippen LogP contribution in [0.4, 0.5) is 4.79 Å². The summed E-state index contributed by atoms with van der Waals surface area (Å²) in [4.78, 5) is 27.9. The Balaban J connectivity index is 1.57. The van der Waals surface area contributed by atoms with Crippen LogP contribution in [0.1, 0.15) is 56.0 Å². The van der Waals surface area contributed by atoms with Crippen LogP contribution in [-0.2, 0) is 9.47 Å². The first-order valence-corrected chi connectivity index (χ1v) is 13.0. The highest BCUT2D eigenvalue weighted by Gasteiger charge is 2.49. The van der Waals surface area contributed by atoms with Crippen LogP contribution in [0, 0.1) is 5.92 Å².